The minimum absolute atomic E-state index is 0.0497. The SMILES string of the molecule is CC(c1cccc([N+](=O)[O-])c1)N(C)C(=O)[C@@H]1CCCCN1. The van der Waals surface area contributed by atoms with Gasteiger partial charge in [0, 0.05) is 19.2 Å². The zero-order chi connectivity index (χ0) is 15.4. The summed E-state index contributed by atoms with van der Waals surface area (Å²) in [4.78, 5) is 24.6. The number of non-ortho nitro benzene ring substituents is 1. The number of rotatable bonds is 4. The molecule has 2 atom stereocenters. The molecule has 1 amide bonds. The van der Waals surface area contributed by atoms with Crippen molar-refractivity contribution in [2.45, 2.75) is 38.3 Å². The number of carbonyl (C=O) groups excluding carboxylic acids is 1. The number of likely N-dealkylation sites (N-methyl/N-ethyl adjacent to an activating group) is 1. The van der Waals surface area contributed by atoms with E-state index in [9.17, 15) is 14.9 Å². The molecule has 21 heavy (non-hydrogen) atoms. The molecule has 1 N–H and O–H groups in total. The Labute approximate surface area is 124 Å². The molecule has 2 rings (SSSR count). The van der Waals surface area contributed by atoms with E-state index in [1.54, 1.807) is 18.0 Å². The molecular weight excluding hydrogens is 270 g/mol. The van der Waals surface area contributed by atoms with Crippen LogP contribution in [-0.2, 0) is 4.79 Å². The van der Waals surface area contributed by atoms with Crippen LogP contribution in [0.3, 0.4) is 0 Å². The lowest BCUT2D eigenvalue weighted by Crippen LogP contribution is -2.47. The van der Waals surface area contributed by atoms with E-state index in [1.807, 2.05) is 13.0 Å². The smallest absolute Gasteiger partial charge is 0.269 e. The van der Waals surface area contributed by atoms with Gasteiger partial charge in [0.2, 0.25) is 5.91 Å². The number of nitro benzene ring substituents is 1. The van der Waals surface area contributed by atoms with Crippen molar-refractivity contribution in [3.05, 3.63) is 39.9 Å². The molecule has 0 saturated carbocycles. The van der Waals surface area contributed by atoms with Crippen LogP contribution >= 0.6 is 0 Å². The van der Waals surface area contributed by atoms with Gasteiger partial charge in [-0.15, -0.1) is 0 Å². The molecule has 1 aromatic rings. The van der Waals surface area contributed by atoms with Gasteiger partial charge in [-0.3, -0.25) is 14.9 Å². The monoisotopic (exact) mass is 291 g/mol. The molecule has 0 aromatic heterocycles. The van der Waals surface area contributed by atoms with Gasteiger partial charge < -0.3 is 10.2 Å². The van der Waals surface area contributed by atoms with Crippen LogP contribution in [0.5, 0.6) is 0 Å². The fraction of sp³-hybridized carbons (Fsp3) is 0.533. The fourth-order valence-electron chi connectivity index (χ4n) is 2.62. The second kappa shape index (κ2) is 6.67. The summed E-state index contributed by atoms with van der Waals surface area (Å²) in [6.45, 7) is 2.76. The quantitative estimate of drug-likeness (QED) is 0.682. The highest BCUT2D eigenvalue weighted by Gasteiger charge is 2.27. The zero-order valence-corrected chi connectivity index (χ0v) is 12.4. The molecule has 1 aliphatic rings. The van der Waals surface area contributed by atoms with Crippen molar-refractivity contribution < 1.29 is 9.72 Å². The van der Waals surface area contributed by atoms with Crippen LogP contribution in [0.2, 0.25) is 0 Å². The molecule has 0 bridgehead atoms. The number of hydrogen-bond acceptors (Lipinski definition) is 4. The Morgan fingerprint density at radius 3 is 2.86 bits per heavy atom. The van der Waals surface area contributed by atoms with Crippen molar-refractivity contribution in [3.63, 3.8) is 0 Å². The van der Waals surface area contributed by atoms with Gasteiger partial charge in [0.25, 0.3) is 5.69 Å². The predicted molar refractivity (Wildman–Crippen MR) is 79.9 cm³/mol. The molecule has 1 fully saturated rings. The maximum atomic E-state index is 12.5. The van der Waals surface area contributed by atoms with Gasteiger partial charge in [-0.1, -0.05) is 18.6 Å². The molecule has 0 aliphatic carbocycles. The molecule has 0 radical (unpaired) electrons. The lowest BCUT2D eigenvalue weighted by Gasteiger charge is -2.31. The Bertz CT molecular complexity index is 527. The van der Waals surface area contributed by atoms with E-state index >= 15 is 0 Å². The minimum atomic E-state index is -0.416. The highest BCUT2D eigenvalue weighted by Crippen LogP contribution is 2.24. The number of carbonyl (C=O) groups is 1. The normalized spacial score (nSPS) is 19.8. The van der Waals surface area contributed by atoms with Crippen molar-refractivity contribution in [1.82, 2.24) is 10.2 Å². The van der Waals surface area contributed by atoms with Crippen LogP contribution in [0.4, 0.5) is 5.69 Å². The van der Waals surface area contributed by atoms with E-state index in [0.717, 1.165) is 31.4 Å². The van der Waals surface area contributed by atoms with Gasteiger partial charge in [-0.2, -0.15) is 0 Å². The van der Waals surface area contributed by atoms with Crippen LogP contribution in [0, 0.1) is 10.1 Å². The predicted octanol–water partition coefficient (Wildman–Crippen LogP) is 2.26. The Hall–Kier alpha value is -1.95. The molecule has 114 valence electrons. The van der Waals surface area contributed by atoms with Crippen molar-refractivity contribution in [1.29, 1.82) is 0 Å². The van der Waals surface area contributed by atoms with Crippen molar-refractivity contribution >= 4 is 11.6 Å². The van der Waals surface area contributed by atoms with E-state index in [1.165, 1.54) is 12.1 Å². The Kier molecular flexibility index (Phi) is 4.90. The first-order valence-corrected chi connectivity index (χ1v) is 7.25. The molecule has 1 unspecified atom stereocenters. The third-order valence-electron chi connectivity index (χ3n) is 4.10. The summed E-state index contributed by atoms with van der Waals surface area (Å²) in [5.74, 6) is 0.0497. The number of amides is 1. The van der Waals surface area contributed by atoms with Crippen LogP contribution in [0.15, 0.2) is 24.3 Å². The number of nitrogens with one attached hydrogen (secondary N) is 1. The summed E-state index contributed by atoms with van der Waals surface area (Å²) in [6.07, 6.45) is 3.02. The van der Waals surface area contributed by atoms with Gasteiger partial charge in [0.05, 0.1) is 17.0 Å². The first-order chi connectivity index (χ1) is 10.0. The average molecular weight is 291 g/mol. The van der Waals surface area contributed by atoms with Crippen LogP contribution in [0.1, 0.15) is 37.8 Å². The van der Waals surface area contributed by atoms with Crippen molar-refractivity contribution in [2.24, 2.45) is 0 Å². The Balaban J connectivity index is 2.10. The summed E-state index contributed by atoms with van der Waals surface area (Å²) in [6, 6.07) is 6.13. The number of hydrogen-bond donors (Lipinski definition) is 1. The lowest BCUT2D eigenvalue weighted by atomic mass is 10.0. The zero-order valence-electron chi connectivity index (χ0n) is 12.4. The molecule has 1 saturated heterocycles. The average Bonchev–Trinajstić information content (AvgIpc) is 2.53. The Morgan fingerprint density at radius 1 is 1.48 bits per heavy atom. The lowest BCUT2D eigenvalue weighted by molar-refractivity contribution is -0.384. The van der Waals surface area contributed by atoms with Gasteiger partial charge in [0.1, 0.15) is 0 Å². The summed E-state index contributed by atoms with van der Waals surface area (Å²) in [5, 5.41) is 14.1. The van der Waals surface area contributed by atoms with Crippen molar-refractivity contribution in [3.8, 4) is 0 Å². The van der Waals surface area contributed by atoms with E-state index in [0.29, 0.717) is 0 Å². The molecule has 6 heteroatoms. The fourth-order valence-corrected chi connectivity index (χ4v) is 2.62. The Morgan fingerprint density at radius 2 is 2.24 bits per heavy atom. The van der Waals surface area contributed by atoms with E-state index in [4.69, 9.17) is 0 Å². The van der Waals surface area contributed by atoms with Crippen molar-refractivity contribution in [2.75, 3.05) is 13.6 Å². The molecule has 0 spiro atoms. The molecular formula is C15H21N3O3. The number of piperidine rings is 1. The minimum Gasteiger partial charge on any atom is -0.338 e. The van der Waals surface area contributed by atoms with Gasteiger partial charge in [0.15, 0.2) is 0 Å². The number of nitrogens with zero attached hydrogens (tertiary/aromatic N) is 2. The van der Waals surface area contributed by atoms with Crippen LogP contribution in [0.25, 0.3) is 0 Å². The summed E-state index contributed by atoms with van der Waals surface area (Å²) >= 11 is 0. The number of nitro groups is 1. The standard InChI is InChI=1S/C15H21N3O3/c1-11(12-6-5-7-13(10-12)18(20)21)17(2)15(19)14-8-3-4-9-16-14/h5-7,10-11,14,16H,3-4,8-9H2,1-2H3/t11?,14-/m0/s1. The topological polar surface area (TPSA) is 75.5 Å². The highest BCUT2D eigenvalue weighted by atomic mass is 16.6. The van der Waals surface area contributed by atoms with Gasteiger partial charge in [-0.25, -0.2) is 0 Å². The maximum absolute atomic E-state index is 12.5. The van der Waals surface area contributed by atoms with Crippen LogP contribution in [-0.4, -0.2) is 35.4 Å². The molecule has 1 heterocycles. The maximum Gasteiger partial charge on any atom is 0.269 e. The van der Waals surface area contributed by atoms with Gasteiger partial charge >= 0.3 is 0 Å². The van der Waals surface area contributed by atoms with E-state index in [2.05, 4.69) is 5.32 Å². The largest absolute Gasteiger partial charge is 0.338 e. The first kappa shape index (κ1) is 15.4. The second-order valence-electron chi connectivity index (χ2n) is 5.48. The van der Waals surface area contributed by atoms with E-state index in [-0.39, 0.29) is 23.7 Å². The third-order valence-corrected chi connectivity index (χ3v) is 4.10. The van der Waals surface area contributed by atoms with E-state index < -0.39 is 4.92 Å². The molecule has 6 nitrogen and oxygen atoms in total. The second-order valence-corrected chi connectivity index (χ2v) is 5.48. The number of benzene rings is 1. The molecule has 1 aliphatic heterocycles. The van der Waals surface area contributed by atoms with Crippen LogP contribution < -0.4 is 5.32 Å². The molecule has 1 aromatic carbocycles. The highest BCUT2D eigenvalue weighted by molar-refractivity contribution is 5.82. The summed E-state index contributed by atoms with van der Waals surface area (Å²) in [7, 11) is 1.75. The summed E-state index contributed by atoms with van der Waals surface area (Å²) in [5.41, 5.74) is 0.826. The first-order valence-electron chi connectivity index (χ1n) is 7.25. The third kappa shape index (κ3) is 3.58. The summed E-state index contributed by atoms with van der Waals surface area (Å²) < 4.78 is 0. The van der Waals surface area contributed by atoms with Gasteiger partial charge in [-0.05, 0) is 31.9 Å².